The van der Waals surface area contributed by atoms with Gasteiger partial charge in [-0.2, -0.15) is 0 Å². The Morgan fingerprint density at radius 2 is 2.16 bits per heavy atom. The first-order valence-corrected chi connectivity index (χ1v) is 6.96. The van der Waals surface area contributed by atoms with Crippen molar-refractivity contribution >= 4 is 12.0 Å². The van der Waals surface area contributed by atoms with Gasteiger partial charge in [-0.15, -0.1) is 0 Å². The smallest absolute Gasteiger partial charge is 0.246 e. The first-order valence-electron chi connectivity index (χ1n) is 6.96. The molecular weight excluding hydrogens is 236 g/mol. The van der Waals surface area contributed by atoms with Crippen LogP contribution in [0.25, 0.3) is 6.08 Å². The van der Waals surface area contributed by atoms with Crippen LogP contribution in [-0.2, 0) is 4.79 Å². The van der Waals surface area contributed by atoms with Crippen LogP contribution in [0.3, 0.4) is 0 Å². The second-order valence-corrected chi connectivity index (χ2v) is 5.01. The molecule has 1 saturated heterocycles. The van der Waals surface area contributed by atoms with Gasteiger partial charge < -0.3 is 10.2 Å². The van der Waals surface area contributed by atoms with E-state index in [1.165, 1.54) is 5.56 Å². The third-order valence-electron chi connectivity index (χ3n) is 3.59. The number of nitrogens with zero attached hydrogens (tertiary/aromatic N) is 1. The summed E-state index contributed by atoms with van der Waals surface area (Å²) < 4.78 is 0. The van der Waals surface area contributed by atoms with Crippen molar-refractivity contribution in [2.45, 2.75) is 26.3 Å². The number of carbonyl (C=O) groups is 1. The van der Waals surface area contributed by atoms with Gasteiger partial charge in [0.05, 0.1) is 0 Å². The number of rotatable bonds is 4. The summed E-state index contributed by atoms with van der Waals surface area (Å²) in [4.78, 5) is 14.2. The lowest BCUT2D eigenvalue weighted by atomic mass is 10.1. The molecule has 3 heteroatoms. The van der Waals surface area contributed by atoms with Crippen molar-refractivity contribution in [3.05, 3.63) is 41.5 Å². The predicted molar refractivity (Wildman–Crippen MR) is 78.9 cm³/mol. The Morgan fingerprint density at radius 3 is 2.74 bits per heavy atom. The molecule has 102 valence electrons. The second-order valence-electron chi connectivity index (χ2n) is 5.01. The number of hydrogen-bond donors (Lipinski definition) is 1. The summed E-state index contributed by atoms with van der Waals surface area (Å²) in [5.74, 6) is 0.108. The summed E-state index contributed by atoms with van der Waals surface area (Å²) in [6, 6.07) is 8.53. The summed E-state index contributed by atoms with van der Waals surface area (Å²) in [6.07, 6.45) is 4.64. The molecule has 0 bridgehead atoms. The highest BCUT2D eigenvalue weighted by atomic mass is 16.2. The van der Waals surface area contributed by atoms with Crippen LogP contribution in [-0.4, -0.2) is 36.5 Å². The lowest BCUT2D eigenvalue weighted by Crippen LogP contribution is -2.40. The highest BCUT2D eigenvalue weighted by Gasteiger charge is 2.23. The molecule has 0 spiro atoms. The molecular formula is C16H22N2O. The van der Waals surface area contributed by atoms with E-state index in [0.717, 1.165) is 31.6 Å². The average molecular weight is 258 g/mol. The quantitative estimate of drug-likeness (QED) is 0.840. The molecule has 0 aliphatic carbocycles. The fraction of sp³-hybridized carbons (Fsp3) is 0.438. The minimum atomic E-state index is 0.108. The molecule has 19 heavy (non-hydrogen) atoms. The van der Waals surface area contributed by atoms with E-state index in [1.807, 2.05) is 30.0 Å². The number of amides is 1. The van der Waals surface area contributed by atoms with Crippen LogP contribution in [0.4, 0.5) is 0 Å². The van der Waals surface area contributed by atoms with Crippen molar-refractivity contribution in [1.29, 1.82) is 0 Å². The van der Waals surface area contributed by atoms with E-state index in [1.54, 1.807) is 6.08 Å². The molecule has 1 aromatic carbocycles. The monoisotopic (exact) mass is 258 g/mol. The van der Waals surface area contributed by atoms with E-state index < -0.39 is 0 Å². The SMILES string of the molecule is CCN(C(=O)/C=C/c1ccc(C)cc1)C1CCNC1. The topological polar surface area (TPSA) is 32.3 Å². The molecule has 1 aliphatic heterocycles. The molecule has 1 atom stereocenters. The van der Waals surface area contributed by atoms with Crippen molar-refractivity contribution in [2.24, 2.45) is 0 Å². The fourth-order valence-electron chi connectivity index (χ4n) is 2.44. The van der Waals surface area contributed by atoms with Gasteiger partial charge >= 0.3 is 0 Å². The van der Waals surface area contributed by atoms with Crippen LogP contribution in [0, 0.1) is 6.92 Å². The van der Waals surface area contributed by atoms with Crippen molar-refractivity contribution in [3.8, 4) is 0 Å². The summed E-state index contributed by atoms with van der Waals surface area (Å²) in [5, 5.41) is 3.30. The third kappa shape index (κ3) is 3.67. The Labute approximate surface area is 115 Å². The Hall–Kier alpha value is -1.61. The van der Waals surface area contributed by atoms with Gasteiger partial charge in [0.2, 0.25) is 5.91 Å². The Bertz CT molecular complexity index is 444. The molecule has 0 aromatic heterocycles. The van der Waals surface area contributed by atoms with Crippen LogP contribution in [0.2, 0.25) is 0 Å². The van der Waals surface area contributed by atoms with Crippen LogP contribution in [0.15, 0.2) is 30.3 Å². The lowest BCUT2D eigenvalue weighted by molar-refractivity contribution is -0.127. The van der Waals surface area contributed by atoms with Crippen molar-refractivity contribution in [1.82, 2.24) is 10.2 Å². The minimum Gasteiger partial charge on any atom is -0.335 e. The van der Waals surface area contributed by atoms with E-state index in [-0.39, 0.29) is 5.91 Å². The summed E-state index contributed by atoms with van der Waals surface area (Å²) in [7, 11) is 0. The van der Waals surface area contributed by atoms with Crippen molar-refractivity contribution in [3.63, 3.8) is 0 Å². The second kappa shape index (κ2) is 6.53. The standard InChI is InChI=1S/C16H22N2O/c1-3-18(15-10-11-17-12-15)16(19)9-8-14-6-4-13(2)5-7-14/h4-9,15,17H,3,10-12H2,1-2H3/b9-8+. The number of hydrogen-bond acceptors (Lipinski definition) is 2. The minimum absolute atomic E-state index is 0.108. The highest BCUT2D eigenvalue weighted by Crippen LogP contribution is 2.10. The third-order valence-corrected chi connectivity index (χ3v) is 3.59. The van der Waals surface area contributed by atoms with E-state index in [4.69, 9.17) is 0 Å². The highest BCUT2D eigenvalue weighted by molar-refractivity contribution is 5.92. The molecule has 1 heterocycles. The van der Waals surface area contributed by atoms with E-state index in [9.17, 15) is 4.79 Å². The van der Waals surface area contributed by atoms with Crippen LogP contribution in [0.1, 0.15) is 24.5 Å². The zero-order valence-electron chi connectivity index (χ0n) is 11.7. The van der Waals surface area contributed by atoms with E-state index >= 15 is 0 Å². The van der Waals surface area contributed by atoms with E-state index in [2.05, 4.69) is 24.4 Å². The Balaban J connectivity index is 2.00. The number of carbonyl (C=O) groups excluding carboxylic acids is 1. The van der Waals surface area contributed by atoms with Crippen LogP contribution < -0.4 is 5.32 Å². The molecule has 1 amide bonds. The number of benzene rings is 1. The predicted octanol–water partition coefficient (Wildman–Crippen LogP) is 2.22. The lowest BCUT2D eigenvalue weighted by Gasteiger charge is -2.25. The molecule has 0 saturated carbocycles. The van der Waals surface area contributed by atoms with Gasteiger partial charge in [0, 0.05) is 25.2 Å². The largest absolute Gasteiger partial charge is 0.335 e. The molecule has 2 rings (SSSR count). The molecule has 1 N–H and O–H groups in total. The van der Waals surface area contributed by atoms with Gasteiger partial charge in [0.25, 0.3) is 0 Å². The molecule has 0 radical (unpaired) electrons. The summed E-state index contributed by atoms with van der Waals surface area (Å²) in [6.45, 7) is 6.79. The number of aryl methyl sites for hydroxylation is 1. The Morgan fingerprint density at radius 1 is 1.42 bits per heavy atom. The van der Waals surface area contributed by atoms with E-state index in [0.29, 0.717) is 6.04 Å². The molecule has 1 aromatic rings. The van der Waals surface area contributed by atoms with Crippen LogP contribution >= 0.6 is 0 Å². The first-order chi connectivity index (χ1) is 9.20. The fourth-order valence-corrected chi connectivity index (χ4v) is 2.44. The number of likely N-dealkylation sites (N-methyl/N-ethyl adjacent to an activating group) is 1. The molecule has 3 nitrogen and oxygen atoms in total. The molecule has 1 aliphatic rings. The maximum Gasteiger partial charge on any atom is 0.246 e. The summed E-state index contributed by atoms with van der Waals surface area (Å²) in [5.41, 5.74) is 2.30. The van der Waals surface area contributed by atoms with Gasteiger partial charge in [-0.1, -0.05) is 29.8 Å². The van der Waals surface area contributed by atoms with Gasteiger partial charge in [0.1, 0.15) is 0 Å². The maximum absolute atomic E-state index is 12.2. The number of nitrogens with one attached hydrogen (secondary N) is 1. The van der Waals surface area contributed by atoms with Crippen LogP contribution in [0.5, 0.6) is 0 Å². The molecule has 1 unspecified atom stereocenters. The average Bonchev–Trinajstić information content (AvgIpc) is 2.93. The Kier molecular flexibility index (Phi) is 4.74. The zero-order valence-corrected chi connectivity index (χ0v) is 11.7. The zero-order chi connectivity index (χ0) is 13.7. The van der Waals surface area contributed by atoms with Crippen molar-refractivity contribution in [2.75, 3.05) is 19.6 Å². The summed E-state index contributed by atoms with van der Waals surface area (Å²) >= 11 is 0. The van der Waals surface area contributed by atoms with Gasteiger partial charge in [-0.05, 0) is 38.5 Å². The first kappa shape index (κ1) is 13.8. The van der Waals surface area contributed by atoms with Gasteiger partial charge in [-0.3, -0.25) is 4.79 Å². The van der Waals surface area contributed by atoms with Crippen molar-refractivity contribution < 1.29 is 4.79 Å². The maximum atomic E-state index is 12.2. The van der Waals surface area contributed by atoms with Gasteiger partial charge in [0.15, 0.2) is 0 Å². The van der Waals surface area contributed by atoms with Gasteiger partial charge in [-0.25, -0.2) is 0 Å². The molecule has 1 fully saturated rings. The normalized spacial score (nSPS) is 18.9.